The first kappa shape index (κ1) is 12.8. The van der Waals surface area contributed by atoms with Gasteiger partial charge in [-0.25, -0.2) is 0 Å². The average Bonchev–Trinajstić information content (AvgIpc) is 2.91. The summed E-state index contributed by atoms with van der Waals surface area (Å²) >= 11 is 3.57. The standard InChI is InChI=1S/C20H15Br/c1-13-6-7-15-12-16(21)9-11-18(15)20(13)19-10-8-14-4-2-3-5-17(14)19/h2-12,19H,1H3. The predicted molar refractivity (Wildman–Crippen MR) is 93.7 cm³/mol. The number of hydrogen-bond acceptors (Lipinski definition) is 0. The van der Waals surface area contributed by atoms with Crippen LogP contribution in [0.3, 0.4) is 0 Å². The van der Waals surface area contributed by atoms with Gasteiger partial charge in [0, 0.05) is 10.4 Å². The lowest BCUT2D eigenvalue weighted by molar-refractivity contribution is 1.04. The van der Waals surface area contributed by atoms with Gasteiger partial charge in [-0.15, -0.1) is 0 Å². The van der Waals surface area contributed by atoms with Crippen LogP contribution in [0.2, 0.25) is 0 Å². The van der Waals surface area contributed by atoms with E-state index in [4.69, 9.17) is 0 Å². The molecule has 102 valence electrons. The second-order valence-corrected chi connectivity index (χ2v) is 6.54. The van der Waals surface area contributed by atoms with Gasteiger partial charge >= 0.3 is 0 Å². The highest BCUT2D eigenvalue weighted by Gasteiger charge is 2.21. The molecule has 1 unspecified atom stereocenters. The van der Waals surface area contributed by atoms with Crippen molar-refractivity contribution in [1.29, 1.82) is 0 Å². The van der Waals surface area contributed by atoms with Crippen LogP contribution in [-0.2, 0) is 0 Å². The minimum Gasteiger partial charge on any atom is -0.0720 e. The molecule has 3 aromatic rings. The minimum atomic E-state index is 0.367. The summed E-state index contributed by atoms with van der Waals surface area (Å²) in [7, 11) is 0. The zero-order chi connectivity index (χ0) is 14.4. The quantitative estimate of drug-likeness (QED) is 0.506. The highest BCUT2D eigenvalue weighted by atomic mass is 79.9. The Hall–Kier alpha value is -1.86. The molecule has 0 fully saturated rings. The summed E-state index contributed by atoms with van der Waals surface area (Å²) in [6.45, 7) is 2.21. The van der Waals surface area contributed by atoms with E-state index in [1.54, 1.807) is 0 Å². The van der Waals surface area contributed by atoms with E-state index in [0.29, 0.717) is 5.92 Å². The maximum atomic E-state index is 3.57. The first-order chi connectivity index (χ1) is 10.2. The van der Waals surface area contributed by atoms with Crippen molar-refractivity contribution in [2.75, 3.05) is 0 Å². The lowest BCUT2D eigenvalue weighted by atomic mass is 9.86. The van der Waals surface area contributed by atoms with Crippen LogP contribution in [0.1, 0.15) is 28.2 Å². The Labute approximate surface area is 133 Å². The van der Waals surface area contributed by atoms with Crippen LogP contribution in [0.15, 0.2) is 65.1 Å². The van der Waals surface area contributed by atoms with Crippen LogP contribution in [0, 0.1) is 6.92 Å². The number of aryl methyl sites for hydroxylation is 1. The van der Waals surface area contributed by atoms with Crippen molar-refractivity contribution < 1.29 is 0 Å². The molecule has 21 heavy (non-hydrogen) atoms. The molecule has 0 heterocycles. The van der Waals surface area contributed by atoms with Crippen LogP contribution >= 0.6 is 15.9 Å². The van der Waals surface area contributed by atoms with Crippen LogP contribution in [0.4, 0.5) is 0 Å². The molecular weight excluding hydrogens is 320 g/mol. The van der Waals surface area contributed by atoms with E-state index in [0.717, 1.165) is 4.47 Å². The summed E-state index contributed by atoms with van der Waals surface area (Å²) in [6, 6.07) is 19.7. The number of fused-ring (bicyclic) bond motifs is 2. The third-order valence-electron chi connectivity index (χ3n) is 4.35. The van der Waals surface area contributed by atoms with Crippen LogP contribution in [-0.4, -0.2) is 0 Å². The van der Waals surface area contributed by atoms with E-state index in [1.807, 2.05) is 0 Å². The van der Waals surface area contributed by atoms with Gasteiger partial charge in [-0.05, 0) is 52.1 Å². The number of benzene rings is 3. The van der Waals surface area contributed by atoms with Crippen LogP contribution < -0.4 is 0 Å². The van der Waals surface area contributed by atoms with E-state index in [2.05, 4.69) is 89.6 Å². The van der Waals surface area contributed by atoms with E-state index in [1.165, 1.54) is 33.0 Å². The summed E-state index contributed by atoms with van der Waals surface area (Å²) in [6.07, 6.45) is 4.58. The van der Waals surface area contributed by atoms with Gasteiger partial charge in [0.15, 0.2) is 0 Å². The first-order valence-electron chi connectivity index (χ1n) is 7.20. The highest BCUT2D eigenvalue weighted by molar-refractivity contribution is 9.10. The van der Waals surface area contributed by atoms with Crippen molar-refractivity contribution in [3.05, 3.63) is 87.4 Å². The van der Waals surface area contributed by atoms with Crippen molar-refractivity contribution in [3.8, 4) is 0 Å². The second kappa shape index (κ2) is 4.85. The maximum Gasteiger partial charge on any atom is 0.0287 e. The minimum absolute atomic E-state index is 0.367. The smallest absolute Gasteiger partial charge is 0.0287 e. The number of rotatable bonds is 1. The normalized spacial score (nSPS) is 16.4. The lowest BCUT2D eigenvalue weighted by Crippen LogP contribution is -2.00. The molecule has 0 aromatic heterocycles. The van der Waals surface area contributed by atoms with E-state index >= 15 is 0 Å². The zero-order valence-electron chi connectivity index (χ0n) is 11.8. The van der Waals surface area contributed by atoms with Crippen molar-refractivity contribution in [1.82, 2.24) is 0 Å². The molecule has 1 aliphatic carbocycles. The topological polar surface area (TPSA) is 0 Å². The van der Waals surface area contributed by atoms with Gasteiger partial charge in [0.25, 0.3) is 0 Å². The molecule has 0 spiro atoms. The molecule has 0 saturated heterocycles. The average molecular weight is 335 g/mol. The molecule has 0 nitrogen and oxygen atoms in total. The Balaban J connectivity index is 2.00. The molecule has 0 bridgehead atoms. The molecule has 4 rings (SSSR count). The van der Waals surface area contributed by atoms with Gasteiger partial charge in [-0.3, -0.25) is 0 Å². The predicted octanol–water partition coefficient (Wildman–Crippen LogP) is 6.07. The summed E-state index contributed by atoms with van der Waals surface area (Å²) in [5, 5.41) is 2.65. The Bertz CT molecular complexity index is 874. The fourth-order valence-corrected chi connectivity index (χ4v) is 3.73. The zero-order valence-corrected chi connectivity index (χ0v) is 13.4. The molecule has 0 amide bonds. The Kier molecular flexibility index (Phi) is 2.97. The summed E-state index contributed by atoms with van der Waals surface area (Å²) in [5.74, 6) is 0.367. The monoisotopic (exact) mass is 334 g/mol. The molecule has 0 aliphatic heterocycles. The van der Waals surface area contributed by atoms with Gasteiger partial charge in [-0.2, -0.15) is 0 Å². The number of halogens is 1. The second-order valence-electron chi connectivity index (χ2n) is 5.63. The molecule has 1 heteroatoms. The van der Waals surface area contributed by atoms with Crippen LogP contribution in [0.25, 0.3) is 16.8 Å². The fourth-order valence-electron chi connectivity index (χ4n) is 3.35. The first-order valence-corrected chi connectivity index (χ1v) is 7.99. The van der Waals surface area contributed by atoms with Crippen LogP contribution in [0.5, 0.6) is 0 Å². The Morgan fingerprint density at radius 1 is 0.952 bits per heavy atom. The largest absolute Gasteiger partial charge is 0.0720 e. The van der Waals surface area contributed by atoms with Crippen molar-refractivity contribution >= 4 is 32.8 Å². The number of allylic oxidation sites excluding steroid dienone is 1. The van der Waals surface area contributed by atoms with Gasteiger partial charge in [0.1, 0.15) is 0 Å². The fraction of sp³-hybridized carbons (Fsp3) is 0.100. The summed E-state index contributed by atoms with van der Waals surface area (Å²) < 4.78 is 1.13. The van der Waals surface area contributed by atoms with Crippen molar-refractivity contribution in [2.45, 2.75) is 12.8 Å². The van der Waals surface area contributed by atoms with Gasteiger partial charge in [0.05, 0.1) is 0 Å². The van der Waals surface area contributed by atoms with Crippen molar-refractivity contribution in [3.63, 3.8) is 0 Å². The molecule has 0 saturated carbocycles. The maximum absolute atomic E-state index is 3.57. The summed E-state index contributed by atoms with van der Waals surface area (Å²) in [5.41, 5.74) is 5.55. The van der Waals surface area contributed by atoms with Crippen molar-refractivity contribution in [2.24, 2.45) is 0 Å². The lowest BCUT2D eigenvalue weighted by Gasteiger charge is -2.17. The molecule has 1 atom stereocenters. The van der Waals surface area contributed by atoms with E-state index in [-0.39, 0.29) is 0 Å². The molecule has 3 aromatic carbocycles. The van der Waals surface area contributed by atoms with E-state index in [9.17, 15) is 0 Å². The molecular formula is C20H15Br. The molecule has 1 aliphatic rings. The van der Waals surface area contributed by atoms with Gasteiger partial charge < -0.3 is 0 Å². The van der Waals surface area contributed by atoms with Gasteiger partial charge in [0.2, 0.25) is 0 Å². The number of hydrogen-bond donors (Lipinski definition) is 0. The van der Waals surface area contributed by atoms with Gasteiger partial charge in [-0.1, -0.05) is 70.5 Å². The SMILES string of the molecule is Cc1ccc2cc(Br)ccc2c1C1C=Cc2ccccc21. The third kappa shape index (κ3) is 2.04. The van der Waals surface area contributed by atoms with E-state index < -0.39 is 0 Å². The Morgan fingerprint density at radius 3 is 2.71 bits per heavy atom. The third-order valence-corrected chi connectivity index (χ3v) is 4.85. The Morgan fingerprint density at radius 2 is 1.81 bits per heavy atom. The molecule has 0 radical (unpaired) electrons. The molecule has 0 N–H and O–H groups in total. The highest BCUT2D eigenvalue weighted by Crippen LogP contribution is 2.40. The summed E-state index contributed by atoms with van der Waals surface area (Å²) in [4.78, 5) is 0.